The van der Waals surface area contributed by atoms with Gasteiger partial charge in [0.25, 0.3) is 0 Å². The second-order valence-electron chi connectivity index (χ2n) is 16.0. The van der Waals surface area contributed by atoms with Crippen LogP contribution in [0.5, 0.6) is 0 Å². The van der Waals surface area contributed by atoms with Crippen LogP contribution in [0.25, 0.3) is 11.1 Å². The molecule has 0 aromatic heterocycles. The van der Waals surface area contributed by atoms with Gasteiger partial charge in [-0.05, 0) is 133 Å². The molecule has 4 bridgehead atoms. The van der Waals surface area contributed by atoms with Crippen LogP contribution in [-0.4, -0.2) is 18.3 Å². The Labute approximate surface area is 262 Å². The molecule has 7 aliphatic rings. The van der Waals surface area contributed by atoms with Gasteiger partial charge in [-0.15, -0.1) is 0 Å². The van der Waals surface area contributed by atoms with E-state index in [1.807, 2.05) is 0 Å². The van der Waals surface area contributed by atoms with Crippen LogP contribution in [0.2, 0.25) is 0 Å². The molecule has 5 fully saturated rings. The third-order valence-electron chi connectivity index (χ3n) is 13.6. The average molecular weight is 577 g/mol. The van der Waals surface area contributed by atoms with E-state index in [1.54, 1.807) is 11.1 Å². The molecule has 0 amide bonds. The number of hydrogen-bond donors (Lipinski definition) is 0. The molecule has 0 atom stereocenters. The van der Waals surface area contributed by atoms with Gasteiger partial charge in [0.2, 0.25) is 0 Å². The first-order valence-corrected chi connectivity index (χ1v) is 17.0. The molecule has 11 rings (SSSR count). The molecule has 0 unspecified atom stereocenters. The maximum atomic E-state index is 6.71. The van der Waals surface area contributed by atoms with Crippen molar-refractivity contribution in [3.63, 3.8) is 0 Å². The lowest BCUT2D eigenvalue weighted by atomic mass is 9.38. The molecule has 4 saturated carbocycles. The zero-order valence-corrected chi connectivity index (χ0v) is 26.4. The maximum Gasteiger partial charge on any atom is 0.494 e. The molecule has 220 valence electrons. The number of rotatable bonds is 1. The smallest absolute Gasteiger partial charge is 0.399 e. The van der Waals surface area contributed by atoms with Gasteiger partial charge in [-0.2, -0.15) is 0 Å². The van der Waals surface area contributed by atoms with Crippen molar-refractivity contribution < 1.29 is 9.31 Å². The summed E-state index contributed by atoms with van der Waals surface area (Å²) in [5, 5.41) is 0. The molecule has 2 spiro atoms. The molecule has 0 radical (unpaired) electrons. The SMILES string of the molecule is CC1(C)OB(c2ccc3c(c2)C2(c4ccccc4C34c3ccccc3-c3ccccc34)C3CC4CC(C3)CC2C4)OC1(C)C. The lowest BCUT2D eigenvalue weighted by molar-refractivity contribution is -0.0440. The summed E-state index contributed by atoms with van der Waals surface area (Å²) in [6, 6.07) is 35.5. The fraction of sp³-hybridized carbons (Fsp3) is 0.415. The van der Waals surface area contributed by atoms with Gasteiger partial charge < -0.3 is 9.31 Å². The topological polar surface area (TPSA) is 18.5 Å². The van der Waals surface area contributed by atoms with Crippen LogP contribution < -0.4 is 5.46 Å². The molecule has 44 heavy (non-hydrogen) atoms. The van der Waals surface area contributed by atoms with Gasteiger partial charge in [0.1, 0.15) is 0 Å². The van der Waals surface area contributed by atoms with Crippen molar-refractivity contribution in [2.75, 3.05) is 0 Å². The monoisotopic (exact) mass is 576 g/mol. The van der Waals surface area contributed by atoms with E-state index in [9.17, 15) is 0 Å². The zero-order valence-electron chi connectivity index (χ0n) is 26.4. The van der Waals surface area contributed by atoms with Crippen molar-refractivity contribution in [3.8, 4) is 11.1 Å². The minimum atomic E-state index is -0.370. The molecule has 3 heteroatoms. The summed E-state index contributed by atoms with van der Waals surface area (Å²) in [7, 11) is -0.365. The fourth-order valence-corrected chi connectivity index (χ4v) is 11.4. The molecule has 4 aromatic carbocycles. The summed E-state index contributed by atoms with van der Waals surface area (Å²) in [4.78, 5) is 0. The molecular weight excluding hydrogens is 535 g/mol. The van der Waals surface area contributed by atoms with E-state index < -0.39 is 0 Å². The van der Waals surface area contributed by atoms with Crippen molar-refractivity contribution in [3.05, 3.63) is 124 Å². The highest BCUT2D eigenvalue weighted by Gasteiger charge is 2.65. The highest BCUT2D eigenvalue weighted by atomic mass is 16.7. The van der Waals surface area contributed by atoms with Gasteiger partial charge in [0, 0.05) is 5.41 Å². The van der Waals surface area contributed by atoms with Crippen molar-refractivity contribution in [2.45, 2.75) is 81.8 Å². The van der Waals surface area contributed by atoms with Crippen LogP contribution in [0.15, 0.2) is 91.0 Å². The Morgan fingerprint density at radius 3 is 1.57 bits per heavy atom. The number of hydrogen-bond acceptors (Lipinski definition) is 2. The Hall–Kier alpha value is -3.14. The standard InChI is InChI=1S/C41H41BO2/c1-38(2)39(3,4)44-42(43-38)29-17-18-36-37(24-29)40(27-20-25-19-26(22-27)23-28(40)21-25)34-15-9-10-16-35(34)41(36)32-13-7-5-11-30(32)31-12-6-8-14-33(31)41/h5-18,24-28H,19-23H2,1-4H3. The normalized spacial score (nSPS) is 32.0. The van der Waals surface area contributed by atoms with Crippen LogP contribution in [0.3, 0.4) is 0 Å². The largest absolute Gasteiger partial charge is 0.494 e. The lowest BCUT2D eigenvalue weighted by Gasteiger charge is -2.65. The lowest BCUT2D eigenvalue weighted by Crippen LogP contribution is -2.59. The van der Waals surface area contributed by atoms with Gasteiger partial charge >= 0.3 is 7.12 Å². The Morgan fingerprint density at radius 2 is 1.00 bits per heavy atom. The Balaban J connectivity index is 1.31. The molecule has 1 saturated heterocycles. The zero-order chi connectivity index (χ0) is 29.6. The highest BCUT2D eigenvalue weighted by molar-refractivity contribution is 6.62. The summed E-state index contributed by atoms with van der Waals surface area (Å²) in [5.41, 5.74) is 11.9. The first-order valence-electron chi connectivity index (χ1n) is 17.0. The van der Waals surface area contributed by atoms with Gasteiger partial charge in [-0.1, -0.05) is 91.0 Å². The van der Waals surface area contributed by atoms with E-state index in [0.717, 1.165) is 11.8 Å². The van der Waals surface area contributed by atoms with Crippen LogP contribution >= 0.6 is 0 Å². The van der Waals surface area contributed by atoms with Gasteiger partial charge in [-0.25, -0.2) is 0 Å². The van der Waals surface area contributed by atoms with Crippen molar-refractivity contribution in [2.24, 2.45) is 23.7 Å². The van der Waals surface area contributed by atoms with Gasteiger partial charge in [0.15, 0.2) is 0 Å². The average Bonchev–Trinajstić information content (AvgIpc) is 3.43. The van der Waals surface area contributed by atoms with E-state index >= 15 is 0 Å². The third kappa shape index (κ3) is 2.93. The van der Waals surface area contributed by atoms with E-state index in [0.29, 0.717) is 11.8 Å². The Kier molecular flexibility index (Phi) is 4.96. The molecule has 6 aliphatic carbocycles. The van der Waals surface area contributed by atoms with E-state index in [-0.39, 0.29) is 29.2 Å². The van der Waals surface area contributed by atoms with Gasteiger partial charge in [-0.3, -0.25) is 0 Å². The summed E-state index contributed by atoms with van der Waals surface area (Å²) >= 11 is 0. The fourth-order valence-electron chi connectivity index (χ4n) is 11.4. The van der Waals surface area contributed by atoms with Crippen LogP contribution in [0.4, 0.5) is 0 Å². The van der Waals surface area contributed by atoms with E-state index in [2.05, 4.69) is 119 Å². The second-order valence-corrected chi connectivity index (χ2v) is 16.0. The second kappa shape index (κ2) is 8.36. The van der Waals surface area contributed by atoms with Gasteiger partial charge in [0.05, 0.1) is 16.6 Å². The molecule has 4 aromatic rings. The summed E-state index contributed by atoms with van der Waals surface area (Å²) < 4.78 is 13.4. The quantitative estimate of drug-likeness (QED) is 0.187. The third-order valence-corrected chi connectivity index (χ3v) is 13.6. The van der Waals surface area contributed by atoms with Crippen molar-refractivity contribution >= 4 is 12.6 Å². The molecule has 2 nitrogen and oxygen atoms in total. The summed E-state index contributed by atoms with van der Waals surface area (Å²) in [5.74, 6) is 3.15. The van der Waals surface area contributed by atoms with Crippen molar-refractivity contribution in [1.29, 1.82) is 0 Å². The first kappa shape index (κ1) is 26.1. The Morgan fingerprint density at radius 1 is 0.523 bits per heavy atom. The maximum absolute atomic E-state index is 6.71. The van der Waals surface area contributed by atoms with Crippen LogP contribution in [0.1, 0.15) is 93.2 Å². The minimum Gasteiger partial charge on any atom is -0.399 e. The molecule has 1 aliphatic heterocycles. The van der Waals surface area contributed by atoms with E-state index in [1.165, 1.54) is 70.9 Å². The van der Waals surface area contributed by atoms with Crippen LogP contribution in [-0.2, 0) is 20.1 Å². The molecule has 0 N–H and O–H groups in total. The van der Waals surface area contributed by atoms with Crippen LogP contribution in [0, 0.1) is 23.7 Å². The summed E-state index contributed by atoms with van der Waals surface area (Å²) in [6.07, 6.45) is 6.91. The number of fused-ring (bicyclic) bond motifs is 9. The number of benzene rings is 4. The highest BCUT2D eigenvalue weighted by Crippen LogP contribution is 2.71. The van der Waals surface area contributed by atoms with Crippen molar-refractivity contribution in [1.82, 2.24) is 0 Å². The Bertz CT molecular complexity index is 1780. The first-order chi connectivity index (χ1) is 21.2. The molecule has 1 heterocycles. The predicted octanol–water partition coefficient (Wildman–Crippen LogP) is 8.40. The van der Waals surface area contributed by atoms with E-state index in [4.69, 9.17) is 9.31 Å². The minimum absolute atomic E-state index is 0.0245. The molecular formula is C41H41BO2. The predicted molar refractivity (Wildman–Crippen MR) is 177 cm³/mol. The summed E-state index contributed by atoms with van der Waals surface area (Å²) in [6.45, 7) is 8.68.